The first-order valence-corrected chi connectivity index (χ1v) is 5.12. The molecule has 0 aliphatic heterocycles. The highest BCUT2D eigenvalue weighted by atomic mass is 16.5. The van der Waals surface area contributed by atoms with Gasteiger partial charge in [0.1, 0.15) is 5.75 Å². The van der Waals surface area contributed by atoms with Crippen molar-refractivity contribution >= 4 is 5.69 Å². The van der Waals surface area contributed by atoms with Crippen LogP contribution in [0, 0.1) is 13.8 Å². The van der Waals surface area contributed by atoms with Gasteiger partial charge in [-0.3, -0.25) is 0 Å². The molecule has 1 heterocycles. The molecule has 3 nitrogen and oxygen atoms in total. The fourth-order valence-electron chi connectivity index (χ4n) is 1.48. The number of rotatable bonds is 2. The summed E-state index contributed by atoms with van der Waals surface area (Å²) >= 11 is 0. The highest BCUT2D eigenvalue weighted by Gasteiger charge is 2.03. The van der Waals surface area contributed by atoms with Crippen molar-refractivity contribution in [3.05, 3.63) is 47.7 Å². The summed E-state index contributed by atoms with van der Waals surface area (Å²) < 4.78 is 5.68. The van der Waals surface area contributed by atoms with Gasteiger partial charge in [-0.2, -0.15) is 0 Å². The van der Waals surface area contributed by atoms with Crippen molar-refractivity contribution in [1.82, 2.24) is 4.98 Å². The SMILES string of the molecule is Cc1cccc(Oc2ncc(N)cc2C)c1. The van der Waals surface area contributed by atoms with Gasteiger partial charge in [0.25, 0.3) is 0 Å². The number of aromatic nitrogens is 1. The lowest BCUT2D eigenvalue weighted by Crippen LogP contribution is -1.94. The van der Waals surface area contributed by atoms with Crippen molar-refractivity contribution in [3.63, 3.8) is 0 Å². The first-order chi connectivity index (χ1) is 7.65. The van der Waals surface area contributed by atoms with Crippen molar-refractivity contribution in [2.24, 2.45) is 0 Å². The minimum Gasteiger partial charge on any atom is -0.439 e. The second-order valence-electron chi connectivity index (χ2n) is 3.81. The number of hydrogen-bond donors (Lipinski definition) is 1. The number of ether oxygens (including phenoxy) is 1. The van der Waals surface area contributed by atoms with E-state index in [-0.39, 0.29) is 0 Å². The van der Waals surface area contributed by atoms with E-state index in [2.05, 4.69) is 4.98 Å². The van der Waals surface area contributed by atoms with Crippen LogP contribution >= 0.6 is 0 Å². The summed E-state index contributed by atoms with van der Waals surface area (Å²) in [5.41, 5.74) is 8.36. The zero-order chi connectivity index (χ0) is 11.5. The number of nitrogen functional groups attached to an aromatic ring is 1. The Morgan fingerprint density at radius 1 is 1.19 bits per heavy atom. The van der Waals surface area contributed by atoms with Crippen LogP contribution in [0.1, 0.15) is 11.1 Å². The molecule has 0 amide bonds. The van der Waals surface area contributed by atoms with Crippen molar-refractivity contribution < 1.29 is 4.74 Å². The van der Waals surface area contributed by atoms with E-state index in [1.54, 1.807) is 6.20 Å². The molecule has 2 rings (SSSR count). The van der Waals surface area contributed by atoms with Crippen molar-refractivity contribution in [2.75, 3.05) is 5.73 Å². The molecule has 1 aromatic carbocycles. The van der Waals surface area contributed by atoms with Gasteiger partial charge in [0.15, 0.2) is 0 Å². The average Bonchev–Trinajstić information content (AvgIpc) is 2.22. The molecule has 3 heteroatoms. The third-order valence-corrected chi connectivity index (χ3v) is 2.26. The van der Waals surface area contributed by atoms with Gasteiger partial charge < -0.3 is 10.5 Å². The van der Waals surface area contributed by atoms with E-state index < -0.39 is 0 Å². The molecule has 2 aromatic rings. The standard InChI is InChI=1S/C13H14N2O/c1-9-4-3-5-12(6-9)16-13-10(2)7-11(14)8-15-13/h3-8H,14H2,1-2H3. The molecule has 0 bridgehead atoms. The van der Waals surface area contributed by atoms with E-state index in [4.69, 9.17) is 10.5 Å². The van der Waals surface area contributed by atoms with Gasteiger partial charge in [-0.15, -0.1) is 0 Å². The van der Waals surface area contributed by atoms with E-state index in [1.165, 1.54) is 0 Å². The molecule has 1 aromatic heterocycles. The fourth-order valence-corrected chi connectivity index (χ4v) is 1.48. The van der Waals surface area contributed by atoms with Crippen LogP contribution in [0.15, 0.2) is 36.5 Å². The Hall–Kier alpha value is -2.03. The maximum Gasteiger partial charge on any atom is 0.222 e. The number of benzene rings is 1. The van der Waals surface area contributed by atoms with Gasteiger partial charge in [-0.25, -0.2) is 4.98 Å². The van der Waals surface area contributed by atoms with Gasteiger partial charge in [0.2, 0.25) is 5.88 Å². The van der Waals surface area contributed by atoms with Gasteiger partial charge in [-0.1, -0.05) is 12.1 Å². The second kappa shape index (κ2) is 4.23. The Labute approximate surface area is 94.9 Å². The molecular formula is C13H14N2O. The Balaban J connectivity index is 2.27. The van der Waals surface area contributed by atoms with Crippen LogP contribution in [0.5, 0.6) is 11.6 Å². The van der Waals surface area contributed by atoms with Gasteiger partial charge >= 0.3 is 0 Å². The van der Waals surface area contributed by atoms with Crippen LogP contribution in [0.2, 0.25) is 0 Å². The second-order valence-corrected chi connectivity index (χ2v) is 3.81. The highest BCUT2D eigenvalue weighted by molar-refractivity contribution is 5.43. The topological polar surface area (TPSA) is 48.1 Å². The van der Waals surface area contributed by atoms with Crippen LogP contribution in [0.3, 0.4) is 0 Å². The number of anilines is 1. The summed E-state index contributed by atoms with van der Waals surface area (Å²) in [6, 6.07) is 9.70. The predicted octanol–water partition coefficient (Wildman–Crippen LogP) is 3.07. The third-order valence-electron chi connectivity index (χ3n) is 2.26. The molecule has 0 saturated heterocycles. The zero-order valence-corrected chi connectivity index (χ0v) is 9.40. The maximum atomic E-state index is 5.68. The van der Waals surface area contributed by atoms with E-state index in [0.717, 1.165) is 16.9 Å². The van der Waals surface area contributed by atoms with Gasteiger partial charge in [-0.05, 0) is 37.6 Å². The van der Waals surface area contributed by atoms with Crippen molar-refractivity contribution in [1.29, 1.82) is 0 Å². The zero-order valence-electron chi connectivity index (χ0n) is 9.40. The van der Waals surface area contributed by atoms with E-state index >= 15 is 0 Å². The molecule has 0 saturated carbocycles. The van der Waals surface area contributed by atoms with E-state index in [1.807, 2.05) is 44.2 Å². The molecule has 16 heavy (non-hydrogen) atoms. The molecule has 0 fully saturated rings. The maximum absolute atomic E-state index is 5.68. The first kappa shape index (κ1) is 10.5. The minimum absolute atomic E-state index is 0.597. The van der Waals surface area contributed by atoms with E-state index in [0.29, 0.717) is 11.6 Å². The Bertz CT molecular complexity index is 509. The molecular weight excluding hydrogens is 200 g/mol. The largest absolute Gasteiger partial charge is 0.439 e. The van der Waals surface area contributed by atoms with Crippen LogP contribution < -0.4 is 10.5 Å². The minimum atomic E-state index is 0.597. The highest BCUT2D eigenvalue weighted by Crippen LogP contribution is 2.24. The van der Waals surface area contributed by atoms with Crippen LogP contribution in [-0.4, -0.2) is 4.98 Å². The average molecular weight is 214 g/mol. The van der Waals surface area contributed by atoms with Crippen molar-refractivity contribution in [2.45, 2.75) is 13.8 Å². The number of aryl methyl sites for hydroxylation is 2. The van der Waals surface area contributed by atoms with Gasteiger partial charge in [0.05, 0.1) is 11.9 Å². The Morgan fingerprint density at radius 3 is 2.69 bits per heavy atom. The summed E-state index contributed by atoms with van der Waals surface area (Å²) in [5.74, 6) is 1.39. The molecule has 0 aliphatic rings. The van der Waals surface area contributed by atoms with Crippen LogP contribution in [0.4, 0.5) is 5.69 Å². The molecule has 0 radical (unpaired) electrons. The lowest BCUT2D eigenvalue weighted by Gasteiger charge is -2.08. The molecule has 0 atom stereocenters. The lowest BCUT2D eigenvalue weighted by molar-refractivity contribution is 0.459. The number of nitrogens with zero attached hydrogens (tertiary/aromatic N) is 1. The van der Waals surface area contributed by atoms with E-state index in [9.17, 15) is 0 Å². The number of hydrogen-bond acceptors (Lipinski definition) is 3. The number of pyridine rings is 1. The fraction of sp³-hybridized carbons (Fsp3) is 0.154. The summed E-state index contributed by atoms with van der Waals surface area (Å²) in [6.45, 7) is 3.95. The monoisotopic (exact) mass is 214 g/mol. The summed E-state index contributed by atoms with van der Waals surface area (Å²) in [6.07, 6.45) is 1.60. The quantitative estimate of drug-likeness (QED) is 0.835. The molecule has 2 N–H and O–H groups in total. The first-order valence-electron chi connectivity index (χ1n) is 5.12. The number of nitrogens with two attached hydrogens (primary N) is 1. The van der Waals surface area contributed by atoms with Gasteiger partial charge in [0, 0.05) is 5.56 Å². The summed E-state index contributed by atoms with van der Waals surface area (Å²) in [7, 11) is 0. The smallest absolute Gasteiger partial charge is 0.222 e. The van der Waals surface area contributed by atoms with Crippen LogP contribution in [0.25, 0.3) is 0 Å². The molecule has 0 aliphatic carbocycles. The van der Waals surface area contributed by atoms with Crippen LogP contribution in [-0.2, 0) is 0 Å². The molecule has 82 valence electrons. The molecule has 0 unspecified atom stereocenters. The lowest BCUT2D eigenvalue weighted by atomic mass is 10.2. The van der Waals surface area contributed by atoms with Crippen molar-refractivity contribution in [3.8, 4) is 11.6 Å². The normalized spacial score (nSPS) is 10.1. The predicted molar refractivity (Wildman–Crippen MR) is 64.6 cm³/mol. The summed E-state index contributed by atoms with van der Waals surface area (Å²) in [4.78, 5) is 4.16. The third kappa shape index (κ3) is 2.31. The summed E-state index contributed by atoms with van der Waals surface area (Å²) in [5, 5.41) is 0. The molecule has 0 spiro atoms. The Morgan fingerprint density at radius 2 is 2.00 bits per heavy atom. The Kier molecular flexibility index (Phi) is 2.77.